The van der Waals surface area contributed by atoms with Gasteiger partial charge in [-0.3, -0.25) is 4.72 Å². The fraction of sp³-hybridized carbons (Fsp3) is 0.333. The van der Waals surface area contributed by atoms with E-state index in [0.717, 1.165) is 5.56 Å². The summed E-state index contributed by atoms with van der Waals surface area (Å²) in [5.41, 5.74) is 0.808. The molecule has 45 heavy (non-hydrogen) atoms. The third kappa shape index (κ3) is 8.78. The molecule has 2 aromatic carbocycles. The summed E-state index contributed by atoms with van der Waals surface area (Å²) in [5, 5.41) is 0. The molecule has 15 heteroatoms. The van der Waals surface area contributed by atoms with Gasteiger partial charge in [0.05, 0.1) is 16.5 Å². The Morgan fingerprint density at radius 2 is 1.49 bits per heavy atom. The van der Waals surface area contributed by atoms with E-state index in [1.54, 1.807) is 48.8 Å². The number of sulfonamides is 1. The number of nitrogens with one attached hydrogen (secondary N) is 1. The zero-order chi connectivity index (χ0) is 32.6. The molecule has 0 saturated heterocycles. The Labute approximate surface area is 270 Å². The van der Waals surface area contributed by atoms with Crippen molar-refractivity contribution in [3.63, 3.8) is 0 Å². The second-order valence-corrected chi connectivity index (χ2v) is 13.0. The normalized spacial score (nSPS) is 11.7. The summed E-state index contributed by atoms with van der Waals surface area (Å²) in [6.45, 7) is 6.09. The molecule has 2 aromatic heterocycles. The number of hydrogen-bond donors (Lipinski definition) is 1. The van der Waals surface area contributed by atoms with E-state index in [2.05, 4.69) is 40.6 Å². The minimum atomic E-state index is -4.18. The van der Waals surface area contributed by atoms with Crippen LogP contribution in [-0.2, 0) is 24.9 Å². The van der Waals surface area contributed by atoms with Crippen LogP contribution in [0.3, 0.4) is 0 Å². The van der Waals surface area contributed by atoms with Crippen LogP contribution in [0.1, 0.15) is 38.4 Å². The van der Waals surface area contributed by atoms with Gasteiger partial charge in [0.25, 0.3) is 15.9 Å². The maximum atomic E-state index is 13.7. The number of nitrogens with zero attached hydrogens (tertiary/aromatic N) is 4. The summed E-state index contributed by atoms with van der Waals surface area (Å²) in [6, 6.07) is 13.5. The molecule has 4 aromatic rings. The first-order valence-electron chi connectivity index (χ1n) is 13.6. The number of anilines is 1. The van der Waals surface area contributed by atoms with Crippen molar-refractivity contribution in [1.82, 2.24) is 19.9 Å². The van der Waals surface area contributed by atoms with Crippen LogP contribution < -0.4 is 23.7 Å². The average Bonchev–Trinajstić information content (AvgIpc) is 3.02. The van der Waals surface area contributed by atoms with Gasteiger partial charge in [0, 0.05) is 26.6 Å². The molecule has 0 bridgehead atoms. The van der Waals surface area contributed by atoms with Crippen molar-refractivity contribution in [1.29, 1.82) is 0 Å². The number of hydrogen-bond acceptors (Lipinski definition) is 12. The first kappa shape index (κ1) is 33.8. The maximum absolute atomic E-state index is 13.7. The molecule has 0 aliphatic carbocycles. The van der Waals surface area contributed by atoms with Crippen LogP contribution in [0.2, 0.25) is 0 Å². The number of benzene rings is 2. The van der Waals surface area contributed by atoms with Gasteiger partial charge < -0.3 is 28.4 Å². The Morgan fingerprint density at radius 3 is 2.09 bits per heavy atom. The molecule has 13 nitrogen and oxygen atoms in total. The zero-order valence-corrected chi connectivity index (χ0v) is 28.0. The molecule has 2 heterocycles. The fourth-order valence-corrected chi connectivity index (χ4v) is 5.11. The van der Waals surface area contributed by atoms with Crippen molar-refractivity contribution in [3.8, 4) is 29.1 Å². The smallest absolute Gasteiger partial charge is 0.316 e. The van der Waals surface area contributed by atoms with Crippen LogP contribution in [-0.4, -0.2) is 62.9 Å². The average molecular weight is 705 g/mol. The Balaban J connectivity index is 1.75. The molecule has 4 rings (SSSR count). The summed E-state index contributed by atoms with van der Waals surface area (Å²) in [6.07, 6.45) is 2.03. The molecule has 0 amide bonds. The van der Waals surface area contributed by atoms with E-state index < -0.39 is 16.3 Å². The first-order valence-corrected chi connectivity index (χ1v) is 15.9. The van der Waals surface area contributed by atoms with Gasteiger partial charge in [-0.15, -0.1) is 0 Å². The molecule has 0 unspecified atom stereocenters. The molecule has 0 fully saturated rings. The van der Waals surface area contributed by atoms with E-state index >= 15 is 0 Å². The van der Waals surface area contributed by atoms with Crippen LogP contribution in [0.5, 0.6) is 29.1 Å². The molecular formula is C30H34BrN5O8S. The van der Waals surface area contributed by atoms with Crippen LogP contribution in [0.15, 0.2) is 70.3 Å². The van der Waals surface area contributed by atoms with Crippen molar-refractivity contribution >= 4 is 31.8 Å². The number of halogens is 1. The van der Waals surface area contributed by atoms with Gasteiger partial charge in [-0.05, 0) is 51.2 Å². The predicted octanol–water partition coefficient (Wildman–Crippen LogP) is 5.68. The molecule has 240 valence electrons. The maximum Gasteiger partial charge on any atom is 0.316 e. The highest BCUT2D eigenvalue weighted by Gasteiger charge is 2.28. The second kappa shape index (κ2) is 14.8. The standard InChI is InChI=1S/C30H34BrN5O8S/c1-30(2,3)19-11-13-21(14-12-19)45(37,38)36-25-24(44-23-10-8-7-9-22(23)39-4)27(35-26(34-25)28(40-5)41-6)42-15-16-43-29-32-17-20(31)18-33-29/h7-14,17-18,28H,15-16H2,1-6H3,(H,34,35,36). The minimum Gasteiger partial charge on any atom is -0.493 e. The van der Waals surface area contributed by atoms with Crippen LogP contribution in [0.4, 0.5) is 5.82 Å². The van der Waals surface area contributed by atoms with Crippen molar-refractivity contribution in [2.45, 2.75) is 37.4 Å². The Kier molecular flexibility index (Phi) is 11.1. The Morgan fingerprint density at radius 1 is 0.867 bits per heavy atom. The van der Waals surface area contributed by atoms with Gasteiger partial charge in [-0.1, -0.05) is 45.0 Å². The summed E-state index contributed by atoms with van der Waals surface area (Å²) in [4.78, 5) is 17.0. The molecular weight excluding hydrogens is 670 g/mol. The van der Waals surface area contributed by atoms with Gasteiger partial charge in [-0.2, -0.15) is 4.98 Å². The van der Waals surface area contributed by atoms with Crippen LogP contribution in [0.25, 0.3) is 0 Å². The summed E-state index contributed by atoms with van der Waals surface area (Å²) in [7, 11) is 0.0880. The van der Waals surface area contributed by atoms with E-state index in [9.17, 15) is 8.42 Å². The topological polar surface area (TPSA) is 153 Å². The Hall–Kier alpha value is -4.05. The van der Waals surface area contributed by atoms with Crippen molar-refractivity contribution in [2.24, 2.45) is 0 Å². The number of methoxy groups -OCH3 is 3. The number of aromatic nitrogens is 4. The third-order valence-electron chi connectivity index (χ3n) is 6.18. The highest BCUT2D eigenvalue weighted by Crippen LogP contribution is 2.41. The van der Waals surface area contributed by atoms with Gasteiger partial charge in [0.1, 0.15) is 13.2 Å². The quantitative estimate of drug-likeness (QED) is 0.127. The SMILES string of the molecule is COc1ccccc1Oc1c(NS(=O)(=O)c2ccc(C(C)(C)C)cc2)nc(C(OC)OC)nc1OCCOc1ncc(Br)cn1. The summed E-state index contributed by atoms with van der Waals surface area (Å²) in [5.74, 6) is 0.125. The van der Waals surface area contributed by atoms with Crippen molar-refractivity contribution < 1.29 is 36.8 Å². The highest BCUT2D eigenvalue weighted by molar-refractivity contribution is 9.10. The lowest BCUT2D eigenvalue weighted by atomic mass is 9.87. The summed E-state index contributed by atoms with van der Waals surface area (Å²) < 4.78 is 64.4. The number of rotatable bonds is 14. The molecule has 0 saturated carbocycles. The van der Waals surface area contributed by atoms with E-state index in [1.807, 2.05) is 20.8 Å². The Bertz CT molecular complexity index is 1680. The fourth-order valence-electron chi connectivity index (χ4n) is 3.90. The van der Waals surface area contributed by atoms with Crippen molar-refractivity contribution in [2.75, 3.05) is 39.3 Å². The van der Waals surface area contributed by atoms with Crippen LogP contribution >= 0.6 is 15.9 Å². The van der Waals surface area contributed by atoms with Crippen molar-refractivity contribution in [3.05, 3.63) is 76.8 Å². The number of para-hydroxylation sites is 2. The third-order valence-corrected chi connectivity index (χ3v) is 7.95. The van der Waals surface area contributed by atoms with Gasteiger partial charge in [0.2, 0.25) is 12.0 Å². The largest absolute Gasteiger partial charge is 0.493 e. The lowest BCUT2D eigenvalue weighted by molar-refractivity contribution is -0.111. The molecule has 0 radical (unpaired) electrons. The molecule has 0 aliphatic heterocycles. The van der Waals surface area contributed by atoms with E-state index in [0.29, 0.717) is 10.2 Å². The second-order valence-electron chi connectivity index (χ2n) is 10.4. The monoisotopic (exact) mass is 703 g/mol. The summed E-state index contributed by atoms with van der Waals surface area (Å²) >= 11 is 3.28. The molecule has 0 atom stereocenters. The van der Waals surface area contributed by atoms with Crippen LogP contribution in [0, 0.1) is 0 Å². The highest BCUT2D eigenvalue weighted by atomic mass is 79.9. The minimum absolute atomic E-state index is 0.0132. The lowest BCUT2D eigenvalue weighted by Crippen LogP contribution is -2.19. The van der Waals surface area contributed by atoms with E-state index in [4.69, 9.17) is 28.4 Å². The molecule has 0 spiro atoms. The van der Waals surface area contributed by atoms with Gasteiger partial charge >= 0.3 is 6.01 Å². The number of ether oxygens (including phenoxy) is 6. The zero-order valence-electron chi connectivity index (χ0n) is 25.6. The molecule has 1 N–H and O–H groups in total. The molecule has 0 aliphatic rings. The van der Waals surface area contributed by atoms with Gasteiger partial charge in [-0.25, -0.2) is 23.4 Å². The first-order chi connectivity index (χ1) is 21.4. The van der Waals surface area contributed by atoms with E-state index in [1.165, 1.54) is 33.5 Å². The van der Waals surface area contributed by atoms with E-state index in [-0.39, 0.29) is 58.6 Å². The predicted molar refractivity (Wildman–Crippen MR) is 169 cm³/mol. The lowest BCUT2D eigenvalue weighted by Gasteiger charge is -2.21. The van der Waals surface area contributed by atoms with Gasteiger partial charge in [0.15, 0.2) is 23.1 Å².